The van der Waals surface area contributed by atoms with Gasteiger partial charge in [-0.15, -0.1) is 12.4 Å². The quantitative estimate of drug-likeness (QED) is 0.854. The number of benzene rings is 1. The fourth-order valence-electron chi connectivity index (χ4n) is 0.987. The lowest BCUT2D eigenvalue weighted by molar-refractivity contribution is -0.141. The summed E-state index contributed by atoms with van der Waals surface area (Å²) in [6.45, 7) is -0.301. The first-order valence-electron chi connectivity index (χ1n) is 5.22. The number of carboxylic acids is 1. The van der Waals surface area contributed by atoms with Crippen LogP contribution in [0.15, 0.2) is 30.3 Å². The lowest BCUT2D eigenvalue weighted by Crippen LogP contribution is -2.47. The number of hydrogen-bond donors (Lipinski definition) is 2. The van der Waals surface area contributed by atoms with Crippen molar-refractivity contribution < 1.29 is 11.3 Å². The summed E-state index contributed by atoms with van der Waals surface area (Å²) in [5.41, 5.74) is 5.30. The van der Waals surface area contributed by atoms with Crippen LogP contribution in [0.5, 0.6) is 0 Å². The van der Waals surface area contributed by atoms with E-state index in [1.165, 1.54) is 11.8 Å². The highest BCUT2D eigenvalue weighted by Gasteiger charge is 2.27. The minimum absolute atomic E-state index is 0. The van der Waals surface area contributed by atoms with Gasteiger partial charge in [0.05, 0.1) is 0 Å². The summed E-state index contributed by atoms with van der Waals surface area (Å²) in [5.74, 6) is -0.142. The largest absolute Gasteiger partial charge is 0.480 e. The second-order valence-corrected chi connectivity index (χ2v) is 4.43. The van der Waals surface area contributed by atoms with E-state index in [0.29, 0.717) is 5.75 Å². The third kappa shape index (κ3) is 4.88. The van der Waals surface area contributed by atoms with E-state index in [4.69, 9.17) is 12.2 Å². The van der Waals surface area contributed by atoms with Crippen LogP contribution in [0.1, 0.15) is 13.8 Å². The zero-order valence-corrected chi connectivity index (χ0v) is 10.4. The van der Waals surface area contributed by atoms with Gasteiger partial charge < -0.3 is 10.8 Å². The van der Waals surface area contributed by atoms with Gasteiger partial charge in [-0.2, -0.15) is 11.8 Å². The van der Waals surface area contributed by atoms with Crippen molar-refractivity contribution >= 4 is 30.1 Å². The number of hydrogen-bond acceptors (Lipinski definition) is 3. The maximum absolute atomic E-state index is 10.8. The Balaban J connectivity index is 0.00000256. The van der Waals surface area contributed by atoms with Crippen molar-refractivity contribution in [1.82, 2.24) is 0 Å². The molecule has 0 saturated heterocycles. The Hall–Kier alpha value is -0.710. The molecule has 1 aromatic carbocycles. The maximum Gasteiger partial charge on any atom is 0.324 e. The number of aliphatic carboxylic acids is 1. The highest BCUT2D eigenvalue weighted by Crippen LogP contribution is 2.16. The summed E-state index contributed by atoms with van der Waals surface area (Å²) in [6.07, 6.45) is 0. The smallest absolute Gasteiger partial charge is 0.324 e. The number of halogens is 1. The predicted molar refractivity (Wildman–Crippen MR) is 70.1 cm³/mol. The molecule has 1 atom stereocenters. The Kier molecular flexibility index (Phi) is 5.66. The number of rotatable bonds is 5. The molecule has 5 heteroatoms. The van der Waals surface area contributed by atoms with Crippen LogP contribution in [-0.2, 0) is 10.5 Å². The molecule has 0 saturated carbocycles. The van der Waals surface area contributed by atoms with Crippen LogP contribution in [0, 0.1) is 0 Å². The van der Waals surface area contributed by atoms with Crippen molar-refractivity contribution in [2.24, 2.45) is 5.73 Å². The minimum Gasteiger partial charge on any atom is -0.480 e. The first-order valence-corrected chi connectivity index (χ1v) is 5.67. The van der Waals surface area contributed by atoms with Crippen LogP contribution in [-0.4, -0.2) is 22.4 Å². The van der Waals surface area contributed by atoms with Crippen molar-refractivity contribution in [1.29, 1.82) is 0 Å². The predicted octanol–water partition coefficient (Wildman–Crippen LogP) is 2.14. The highest BCUT2D eigenvalue weighted by atomic mass is 35.5. The molecule has 1 aromatic rings. The van der Waals surface area contributed by atoms with E-state index in [1.807, 2.05) is 30.3 Å². The van der Waals surface area contributed by atoms with Crippen LogP contribution in [0.4, 0.5) is 0 Å². The molecule has 16 heavy (non-hydrogen) atoms. The van der Waals surface area contributed by atoms with Gasteiger partial charge in [0.1, 0.15) is 5.54 Å². The molecule has 0 heterocycles. The van der Waals surface area contributed by atoms with Crippen molar-refractivity contribution in [3.05, 3.63) is 35.9 Å². The van der Waals surface area contributed by atoms with Gasteiger partial charge in [-0.05, 0) is 12.5 Å². The lowest BCUT2D eigenvalue weighted by atomic mass is 10.1. The molecule has 3 nitrogen and oxygen atoms in total. The molecular formula is C11H16ClNO2S. The highest BCUT2D eigenvalue weighted by molar-refractivity contribution is 7.98. The maximum atomic E-state index is 10.8. The monoisotopic (exact) mass is 262 g/mol. The fourth-order valence-corrected chi connectivity index (χ4v) is 2.00. The van der Waals surface area contributed by atoms with Crippen molar-refractivity contribution in [2.75, 3.05) is 5.75 Å². The topological polar surface area (TPSA) is 63.3 Å². The van der Waals surface area contributed by atoms with E-state index in [0.717, 1.165) is 5.56 Å². The number of thioether (sulfide) groups is 1. The van der Waals surface area contributed by atoms with Gasteiger partial charge in [-0.25, -0.2) is 0 Å². The molecule has 0 aliphatic carbocycles. The summed E-state index contributed by atoms with van der Waals surface area (Å²) in [6, 6.07) is 9.77. The molecule has 3 N–H and O–H groups in total. The van der Waals surface area contributed by atoms with Crippen LogP contribution >= 0.6 is 24.2 Å². The normalized spacial score (nSPS) is 14.4. The number of carboxylic acid groups (broad SMARTS) is 1. The summed E-state index contributed by atoms with van der Waals surface area (Å²) >= 11 is 1.44. The summed E-state index contributed by atoms with van der Waals surface area (Å²) in [4.78, 5) is 10.8. The van der Waals surface area contributed by atoms with E-state index < -0.39 is 11.5 Å². The Morgan fingerprint density at radius 3 is 2.69 bits per heavy atom. The van der Waals surface area contributed by atoms with E-state index >= 15 is 0 Å². The van der Waals surface area contributed by atoms with Gasteiger partial charge in [0.25, 0.3) is 0 Å². The molecule has 0 aromatic heterocycles. The second kappa shape index (κ2) is 6.78. The first kappa shape index (κ1) is 13.4. The van der Waals surface area contributed by atoms with E-state index in [9.17, 15) is 4.79 Å². The molecule has 0 aliphatic heterocycles. The van der Waals surface area contributed by atoms with Gasteiger partial charge in [0, 0.05) is 12.9 Å². The third-order valence-electron chi connectivity index (χ3n) is 1.90. The fraction of sp³-hybridized carbons (Fsp3) is 0.364. The molecule has 0 fully saturated rings. The van der Waals surface area contributed by atoms with E-state index in [1.54, 1.807) is 0 Å². The zero-order chi connectivity index (χ0) is 12.0. The number of carbonyl (C=O) groups is 1. The second-order valence-electron chi connectivity index (χ2n) is 3.44. The summed E-state index contributed by atoms with van der Waals surface area (Å²) in [5, 5.41) is 8.87. The average molecular weight is 263 g/mol. The van der Waals surface area contributed by atoms with Gasteiger partial charge in [-0.1, -0.05) is 30.3 Å². The Morgan fingerprint density at radius 1 is 1.56 bits per heavy atom. The number of nitrogens with two attached hydrogens (primary N) is 1. The molecule has 0 aliphatic rings. The molecule has 0 unspecified atom stereocenters. The van der Waals surface area contributed by atoms with Gasteiger partial charge >= 0.3 is 5.97 Å². The molecule has 0 spiro atoms. The average Bonchev–Trinajstić information content (AvgIpc) is 2.30. The van der Waals surface area contributed by atoms with E-state index in [2.05, 4.69) is 0 Å². The summed E-state index contributed by atoms with van der Waals surface area (Å²) < 4.78 is 7.15. The van der Waals surface area contributed by atoms with Crippen LogP contribution in [0.2, 0.25) is 0 Å². The zero-order valence-electron chi connectivity index (χ0n) is 9.76. The standard InChI is InChI=1S/C11H15NO2S.ClH/c1-11(12,10(13)14)8-15-7-9-5-3-2-4-6-9;/h2-6H,7-8,12H2,1H3,(H,13,14);1H/t11-;/m0./s1/i1D;. The Labute approximate surface area is 107 Å². The van der Waals surface area contributed by atoms with Crippen molar-refractivity contribution in [3.8, 4) is 0 Å². The molecule has 90 valence electrons. The first-order chi connectivity index (χ1) is 7.58. The minimum atomic E-state index is -1.43. The molecule has 0 amide bonds. The van der Waals surface area contributed by atoms with Crippen LogP contribution in [0.3, 0.4) is 0 Å². The van der Waals surface area contributed by atoms with Gasteiger partial charge in [0.15, 0.2) is 0 Å². The third-order valence-corrected chi connectivity index (χ3v) is 3.15. The molecule has 1 rings (SSSR count). The van der Waals surface area contributed by atoms with Crippen molar-refractivity contribution in [3.63, 3.8) is 0 Å². The summed E-state index contributed by atoms with van der Waals surface area (Å²) in [7, 11) is 0. The van der Waals surface area contributed by atoms with Gasteiger partial charge in [0.2, 0.25) is 0 Å². The van der Waals surface area contributed by atoms with E-state index in [-0.39, 0.29) is 25.1 Å². The Morgan fingerprint density at radius 2 is 2.19 bits per heavy atom. The SMILES string of the molecule is Cl.[2H]C[C@](N)(CSCc1ccccc1)C(=O)O. The molecule has 0 bridgehead atoms. The Bertz CT molecular complexity index is 353. The van der Waals surface area contributed by atoms with Crippen LogP contribution < -0.4 is 5.73 Å². The molecular weight excluding hydrogens is 246 g/mol. The van der Waals surface area contributed by atoms with Crippen molar-refractivity contribution in [2.45, 2.75) is 18.2 Å². The van der Waals surface area contributed by atoms with Gasteiger partial charge in [-0.3, -0.25) is 4.79 Å². The lowest BCUT2D eigenvalue weighted by Gasteiger charge is -2.18. The van der Waals surface area contributed by atoms with Crippen LogP contribution in [0.25, 0.3) is 0 Å². The molecule has 0 radical (unpaired) electrons.